The Morgan fingerprint density at radius 1 is 1.00 bits per heavy atom. The number of hydrogen-bond acceptors (Lipinski definition) is 3. The van der Waals surface area contributed by atoms with Crippen LogP contribution in [0.2, 0.25) is 5.02 Å². The third-order valence-corrected chi connectivity index (χ3v) is 4.99. The number of hydrogen-bond donors (Lipinski definition) is 1. The lowest BCUT2D eigenvalue weighted by molar-refractivity contribution is 0.581. The number of fused-ring (bicyclic) bond motifs is 1. The third kappa shape index (κ3) is 3.11. The number of benzene rings is 2. The topological polar surface area (TPSA) is 59.1 Å². The second kappa shape index (κ2) is 6.04. The largest absolute Gasteiger partial charge is 0.256 e. The maximum absolute atomic E-state index is 12.3. The van der Waals surface area contributed by atoms with E-state index < -0.39 is 10.0 Å². The highest BCUT2D eigenvalue weighted by Crippen LogP contribution is 2.18. The van der Waals surface area contributed by atoms with Crippen molar-refractivity contribution in [2.45, 2.75) is 11.4 Å². The Labute approximate surface area is 133 Å². The molecule has 1 heterocycles. The van der Waals surface area contributed by atoms with E-state index in [1.54, 1.807) is 18.3 Å². The van der Waals surface area contributed by atoms with E-state index in [0.29, 0.717) is 5.02 Å². The number of nitrogens with one attached hydrogen (secondary N) is 1. The highest BCUT2D eigenvalue weighted by Gasteiger charge is 2.14. The second-order valence-corrected chi connectivity index (χ2v) is 6.97. The fourth-order valence-corrected chi connectivity index (χ4v) is 3.31. The van der Waals surface area contributed by atoms with Gasteiger partial charge in [0.2, 0.25) is 10.0 Å². The molecule has 0 unspecified atom stereocenters. The first kappa shape index (κ1) is 15.0. The van der Waals surface area contributed by atoms with Gasteiger partial charge >= 0.3 is 0 Å². The third-order valence-electron chi connectivity index (χ3n) is 3.32. The molecule has 0 bridgehead atoms. The Kier molecular flexibility index (Phi) is 4.11. The summed E-state index contributed by atoms with van der Waals surface area (Å²) in [5.74, 6) is 0. The Morgan fingerprint density at radius 2 is 1.73 bits per heavy atom. The molecule has 0 amide bonds. The Bertz CT molecular complexity index is 904. The molecule has 0 aliphatic carbocycles. The molecule has 1 N–H and O–H groups in total. The number of pyridine rings is 1. The van der Waals surface area contributed by atoms with Crippen molar-refractivity contribution in [1.82, 2.24) is 9.71 Å². The zero-order valence-corrected chi connectivity index (χ0v) is 13.1. The minimum atomic E-state index is -3.57. The fourth-order valence-electron chi connectivity index (χ4n) is 2.18. The zero-order valence-electron chi connectivity index (χ0n) is 11.5. The molecule has 0 atom stereocenters. The molecule has 0 aliphatic heterocycles. The monoisotopic (exact) mass is 332 g/mol. The van der Waals surface area contributed by atoms with E-state index in [1.807, 2.05) is 30.3 Å². The van der Waals surface area contributed by atoms with E-state index in [-0.39, 0.29) is 11.4 Å². The predicted molar refractivity (Wildman–Crippen MR) is 87.2 cm³/mol. The SMILES string of the molecule is O=S(=O)(NCc1ccnc2ccccc12)c1ccc(Cl)cc1. The average molecular weight is 333 g/mol. The summed E-state index contributed by atoms with van der Waals surface area (Å²) < 4.78 is 27.2. The smallest absolute Gasteiger partial charge is 0.240 e. The van der Waals surface area contributed by atoms with Crippen LogP contribution in [0.3, 0.4) is 0 Å². The van der Waals surface area contributed by atoms with E-state index in [2.05, 4.69) is 9.71 Å². The van der Waals surface area contributed by atoms with Crippen molar-refractivity contribution in [2.75, 3.05) is 0 Å². The molecule has 0 saturated heterocycles. The summed E-state index contributed by atoms with van der Waals surface area (Å²) >= 11 is 5.78. The number of halogens is 1. The summed E-state index contributed by atoms with van der Waals surface area (Å²) in [4.78, 5) is 4.45. The predicted octanol–water partition coefficient (Wildman–Crippen LogP) is 3.37. The summed E-state index contributed by atoms with van der Waals surface area (Å²) in [5.41, 5.74) is 1.72. The zero-order chi connectivity index (χ0) is 15.6. The van der Waals surface area contributed by atoms with Gasteiger partial charge in [-0.1, -0.05) is 29.8 Å². The van der Waals surface area contributed by atoms with Crippen molar-refractivity contribution in [3.63, 3.8) is 0 Å². The summed E-state index contributed by atoms with van der Waals surface area (Å²) in [6.45, 7) is 0.202. The second-order valence-electron chi connectivity index (χ2n) is 4.77. The van der Waals surface area contributed by atoms with E-state index in [1.165, 1.54) is 12.1 Å². The minimum Gasteiger partial charge on any atom is -0.256 e. The van der Waals surface area contributed by atoms with E-state index in [4.69, 9.17) is 11.6 Å². The number of sulfonamides is 1. The standard InChI is InChI=1S/C16H13ClN2O2S/c17-13-5-7-14(8-6-13)22(20,21)19-11-12-9-10-18-16-4-2-1-3-15(12)16/h1-10,19H,11H2. The molecule has 3 aromatic rings. The van der Waals surface area contributed by atoms with Crippen LogP contribution in [0.4, 0.5) is 0 Å². The van der Waals surface area contributed by atoms with Crippen molar-refractivity contribution < 1.29 is 8.42 Å². The molecule has 1 aromatic heterocycles. The Morgan fingerprint density at radius 3 is 2.50 bits per heavy atom. The van der Waals surface area contributed by atoms with Crippen LogP contribution in [0.15, 0.2) is 65.7 Å². The van der Waals surface area contributed by atoms with Crippen LogP contribution in [0.1, 0.15) is 5.56 Å². The van der Waals surface area contributed by atoms with Crippen LogP contribution in [-0.4, -0.2) is 13.4 Å². The van der Waals surface area contributed by atoms with Gasteiger partial charge < -0.3 is 0 Å². The number of nitrogens with zero attached hydrogens (tertiary/aromatic N) is 1. The van der Waals surface area contributed by atoms with E-state index >= 15 is 0 Å². The molecule has 6 heteroatoms. The van der Waals surface area contributed by atoms with Gasteiger partial charge in [0.05, 0.1) is 10.4 Å². The van der Waals surface area contributed by atoms with Gasteiger partial charge in [0.1, 0.15) is 0 Å². The molecule has 0 aliphatic rings. The summed E-state index contributed by atoms with van der Waals surface area (Å²) in [7, 11) is -3.57. The summed E-state index contributed by atoms with van der Waals surface area (Å²) in [5, 5.41) is 1.43. The molecular formula is C16H13ClN2O2S. The van der Waals surface area contributed by atoms with Crippen LogP contribution < -0.4 is 4.72 Å². The molecule has 112 valence electrons. The van der Waals surface area contributed by atoms with Gasteiger partial charge in [-0.2, -0.15) is 0 Å². The van der Waals surface area contributed by atoms with Crippen molar-refractivity contribution in [2.24, 2.45) is 0 Å². The molecule has 0 spiro atoms. The van der Waals surface area contributed by atoms with Crippen molar-refractivity contribution >= 4 is 32.5 Å². The van der Waals surface area contributed by atoms with Gasteiger partial charge in [0, 0.05) is 23.2 Å². The highest BCUT2D eigenvalue weighted by molar-refractivity contribution is 7.89. The van der Waals surface area contributed by atoms with Gasteiger partial charge in [0.15, 0.2) is 0 Å². The normalized spacial score (nSPS) is 11.7. The molecular weight excluding hydrogens is 320 g/mol. The lowest BCUT2D eigenvalue weighted by Crippen LogP contribution is -2.23. The van der Waals surface area contributed by atoms with Gasteiger partial charge in [-0.05, 0) is 42.0 Å². The molecule has 3 rings (SSSR count). The van der Waals surface area contributed by atoms with Crippen LogP contribution >= 0.6 is 11.6 Å². The Hall–Kier alpha value is -1.95. The maximum Gasteiger partial charge on any atom is 0.240 e. The first-order chi connectivity index (χ1) is 10.6. The van der Waals surface area contributed by atoms with Crippen molar-refractivity contribution in [3.05, 3.63) is 71.4 Å². The van der Waals surface area contributed by atoms with Gasteiger partial charge in [-0.3, -0.25) is 4.98 Å². The lowest BCUT2D eigenvalue weighted by Gasteiger charge is -2.09. The highest BCUT2D eigenvalue weighted by atomic mass is 35.5. The van der Waals surface area contributed by atoms with E-state index in [9.17, 15) is 8.42 Å². The van der Waals surface area contributed by atoms with Crippen LogP contribution in [-0.2, 0) is 16.6 Å². The van der Waals surface area contributed by atoms with Crippen LogP contribution in [0.25, 0.3) is 10.9 Å². The molecule has 4 nitrogen and oxygen atoms in total. The fraction of sp³-hybridized carbons (Fsp3) is 0.0625. The Balaban J connectivity index is 1.86. The molecule has 0 fully saturated rings. The van der Waals surface area contributed by atoms with Gasteiger partial charge in [-0.25, -0.2) is 13.1 Å². The molecule has 2 aromatic carbocycles. The lowest BCUT2D eigenvalue weighted by atomic mass is 10.1. The van der Waals surface area contributed by atoms with Gasteiger partial charge in [-0.15, -0.1) is 0 Å². The average Bonchev–Trinajstić information content (AvgIpc) is 2.53. The van der Waals surface area contributed by atoms with Crippen LogP contribution in [0.5, 0.6) is 0 Å². The van der Waals surface area contributed by atoms with Crippen molar-refractivity contribution in [1.29, 1.82) is 0 Å². The van der Waals surface area contributed by atoms with Gasteiger partial charge in [0.25, 0.3) is 0 Å². The quantitative estimate of drug-likeness (QED) is 0.797. The number of rotatable bonds is 4. The number of aromatic nitrogens is 1. The van der Waals surface area contributed by atoms with Crippen molar-refractivity contribution in [3.8, 4) is 0 Å². The first-order valence-corrected chi connectivity index (χ1v) is 8.50. The molecule has 22 heavy (non-hydrogen) atoms. The summed E-state index contributed by atoms with van der Waals surface area (Å²) in [6.07, 6.45) is 1.67. The molecule has 0 saturated carbocycles. The maximum atomic E-state index is 12.3. The first-order valence-electron chi connectivity index (χ1n) is 6.64. The van der Waals surface area contributed by atoms with E-state index in [0.717, 1.165) is 16.5 Å². The molecule has 0 radical (unpaired) electrons. The van der Waals surface area contributed by atoms with Crippen LogP contribution in [0, 0.1) is 0 Å². The summed E-state index contributed by atoms with van der Waals surface area (Å²) in [6, 6.07) is 15.5. The minimum absolute atomic E-state index is 0.190. The number of para-hydroxylation sites is 1.